The zero-order valence-corrected chi connectivity index (χ0v) is 16.3. The molecule has 5 heteroatoms. The molecule has 0 amide bonds. The molecule has 3 rings (SSSR count). The molecule has 1 aromatic rings. The summed E-state index contributed by atoms with van der Waals surface area (Å²) in [6.07, 6.45) is 4.08. The van der Waals surface area contributed by atoms with Crippen LogP contribution in [0.5, 0.6) is 5.75 Å². The zero-order valence-electron chi connectivity index (χ0n) is 15.5. The van der Waals surface area contributed by atoms with Crippen LogP contribution in [0, 0.1) is 6.92 Å². The molecule has 1 aromatic carbocycles. The third kappa shape index (κ3) is 3.21. The van der Waals surface area contributed by atoms with Gasteiger partial charge in [-0.2, -0.15) is 0 Å². The number of rotatable bonds is 2. The molecule has 0 unspecified atom stereocenters. The van der Waals surface area contributed by atoms with Gasteiger partial charge >= 0.3 is 0 Å². The fourth-order valence-corrected chi connectivity index (χ4v) is 5.03. The molecule has 2 heterocycles. The Balaban J connectivity index is 1.95. The molecule has 0 atom stereocenters. The van der Waals surface area contributed by atoms with Crippen LogP contribution >= 0.6 is 0 Å². The summed E-state index contributed by atoms with van der Waals surface area (Å²) >= 11 is 0. The third-order valence-electron chi connectivity index (χ3n) is 5.37. The molecule has 4 nitrogen and oxygen atoms in total. The number of aryl methyl sites for hydroxylation is 1. The Bertz CT molecular complexity index is 739. The van der Waals surface area contributed by atoms with Crippen LogP contribution in [0.25, 0.3) is 0 Å². The molecule has 0 aromatic heterocycles. The molecule has 0 saturated carbocycles. The summed E-state index contributed by atoms with van der Waals surface area (Å²) in [5.74, 6) is 1.53. The van der Waals surface area contributed by atoms with E-state index in [0.29, 0.717) is 19.0 Å². The maximum atomic E-state index is 11.7. The largest absolute Gasteiger partial charge is 0.493 e. The highest BCUT2D eigenvalue weighted by molar-refractivity contribution is 7.88. The van der Waals surface area contributed by atoms with E-state index in [1.807, 2.05) is 0 Å². The van der Waals surface area contributed by atoms with E-state index in [2.05, 4.69) is 33.8 Å². The van der Waals surface area contributed by atoms with E-state index in [1.165, 1.54) is 28.5 Å². The number of sulfonamides is 1. The first-order valence-electron chi connectivity index (χ1n) is 8.84. The van der Waals surface area contributed by atoms with Crippen LogP contribution in [0.4, 0.5) is 0 Å². The first kappa shape index (κ1) is 17.7. The molecule has 1 fully saturated rings. The number of benzene rings is 1. The predicted octanol–water partition coefficient (Wildman–Crippen LogP) is 3.37. The summed E-state index contributed by atoms with van der Waals surface area (Å²) in [7, 11) is -3.07. The lowest BCUT2D eigenvalue weighted by molar-refractivity contribution is 0.320. The van der Waals surface area contributed by atoms with Crippen LogP contribution in [0.2, 0.25) is 0 Å². The highest BCUT2D eigenvalue weighted by Gasteiger charge is 2.33. The molecule has 0 spiro atoms. The minimum Gasteiger partial charge on any atom is -0.493 e. The van der Waals surface area contributed by atoms with E-state index in [4.69, 9.17) is 4.74 Å². The monoisotopic (exact) mass is 351 g/mol. The first-order chi connectivity index (χ1) is 11.1. The molecule has 2 aliphatic heterocycles. The van der Waals surface area contributed by atoms with Crippen LogP contribution in [0.1, 0.15) is 61.8 Å². The van der Waals surface area contributed by atoms with E-state index < -0.39 is 10.0 Å². The highest BCUT2D eigenvalue weighted by atomic mass is 32.2. The van der Waals surface area contributed by atoms with Gasteiger partial charge in [0, 0.05) is 30.6 Å². The van der Waals surface area contributed by atoms with Gasteiger partial charge in [-0.1, -0.05) is 26.8 Å². The van der Waals surface area contributed by atoms with E-state index in [9.17, 15) is 8.42 Å². The Morgan fingerprint density at radius 1 is 1.21 bits per heavy atom. The van der Waals surface area contributed by atoms with Crippen LogP contribution in [0.15, 0.2) is 6.07 Å². The van der Waals surface area contributed by atoms with Gasteiger partial charge in [0.1, 0.15) is 5.75 Å². The smallest absolute Gasteiger partial charge is 0.211 e. The van der Waals surface area contributed by atoms with Crippen LogP contribution in [-0.4, -0.2) is 38.7 Å². The van der Waals surface area contributed by atoms with E-state index in [0.717, 1.165) is 31.6 Å². The first-order valence-corrected chi connectivity index (χ1v) is 10.7. The van der Waals surface area contributed by atoms with Gasteiger partial charge in [0.2, 0.25) is 10.0 Å². The maximum absolute atomic E-state index is 11.7. The van der Waals surface area contributed by atoms with Crippen molar-refractivity contribution in [1.29, 1.82) is 0 Å². The van der Waals surface area contributed by atoms with Gasteiger partial charge in [0.15, 0.2) is 0 Å². The highest BCUT2D eigenvalue weighted by Crippen LogP contribution is 2.44. The summed E-state index contributed by atoms with van der Waals surface area (Å²) in [5, 5.41) is 0. The summed E-state index contributed by atoms with van der Waals surface area (Å²) in [6.45, 7) is 10.9. The minimum absolute atomic E-state index is 0.0668. The summed E-state index contributed by atoms with van der Waals surface area (Å²) < 4.78 is 31.1. The predicted molar refractivity (Wildman–Crippen MR) is 97.5 cm³/mol. The van der Waals surface area contributed by atoms with Crippen LogP contribution in [-0.2, 0) is 21.9 Å². The van der Waals surface area contributed by atoms with E-state index >= 15 is 0 Å². The van der Waals surface area contributed by atoms with Crippen molar-refractivity contribution in [2.24, 2.45) is 0 Å². The molecule has 0 bridgehead atoms. The normalized spacial score (nSPS) is 20.0. The van der Waals surface area contributed by atoms with Crippen molar-refractivity contribution in [2.75, 3.05) is 26.0 Å². The van der Waals surface area contributed by atoms with Crippen molar-refractivity contribution >= 4 is 10.0 Å². The lowest BCUT2D eigenvalue weighted by atomic mass is 9.78. The van der Waals surface area contributed by atoms with E-state index in [1.54, 1.807) is 4.31 Å². The van der Waals surface area contributed by atoms with Crippen LogP contribution in [0.3, 0.4) is 0 Å². The molecule has 24 heavy (non-hydrogen) atoms. The molecule has 0 N–H and O–H groups in total. The molecule has 2 aliphatic rings. The minimum atomic E-state index is -3.07. The average Bonchev–Trinajstić information content (AvgIpc) is 2.93. The van der Waals surface area contributed by atoms with Gasteiger partial charge in [-0.3, -0.25) is 0 Å². The Kier molecular flexibility index (Phi) is 4.45. The Morgan fingerprint density at radius 3 is 2.38 bits per heavy atom. The average molecular weight is 352 g/mol. The SMILES string of the molecule is Cc1cc(C(C)(C)C)c2c(c1C1CCN(S(C)(=O)=O)CC1)CCO2. The quantitative estimate of drug-likeness (QED) is 0.821. The van der Waals surface area contributed by atoms with Crippen molar-refractivity contribution < 1.29 is 13.2 Å². The van der Waals surface area contributed by atoms with Crippen LogP contribution < -0.4 is 4.74 Å². The number of piperidine rings is 1. The number of ether oxygens (including phenoxy) is 1. The molecule has 1 saturated heterocycles. The van der Waals surface area contributed by atoms with Crippen molar-refractivity contribution in [3.8, 4) is 5.75 Å². The molecular weight excluding hydrogens is 322 g/mol. The fraction of sp³-hybridized carbons (Fsp3) is 0.684. The van der Waals surface area contributed by atoms with Crippen molar-refractivity contribution in [1.82, 2.24) is 4.31 Å². The third-order valence-corrected chi connectivity index (χ3v) is 6.67. The second kappa shape index (κ2) is 6.03. The lowest BCUT2D eigenvalue weighted by Crippen LogP contribution is -2.37. The summed E-state index contributed by atoms with van der Waals surface area (Å²) in [5.41, 5.74) is 5.49. The van der Waals surface area contributed by atoms with Crippen molar-refractivity contribution in [3.05, 3.63) is 28.3 Å². The number of hydrogen-bond donors (Lipinski definition) is 0. The summed E-state index contributed by atoms with van der Waals surface area (Å²) in [4.78, 5) is 0. The molecular formula is C19H29NO3S. The topological polar surface area (TPSA) is 46.6 Å². The maximum Gasteiger partial charge on any atom is 0.211 e. The Morgan fingerprint density at radius 2 is 1.83 bits per heavy atom. The van der Waals surface area contributed by atoms with Gasteiger partial charge in [-0.05, 0) is 42.2 Å². The lowest BCUT2D eigenvalue weighted by Gasteiger charge is -2.33. The van der Waals surface area contributed by atoms with Gasteiger partial charge in [0.25, 0.3) is 0 Å². The van der Waals surface area contributed by atoms with Gasteiger partial charge in [-0.15, -0.1) is 0 Å². The molecule has 0 aliphatic carbocycles. The standard InChI is InChI=1S/C19H29NO3S/c1-13-12-16(19(2,3)4)18-15(8-11-23-18)17(13)14-6-9-20(10-7-14)24(5,21)22/h12,14H,6-11H2,1-5H3. The molecule has 134 valence electrons. The van der Waals surface area contributed by atoms with E-state index in [-0.39, 0.29) is 5.41 Å². The fourth-order valence-electron chi connectivity index (χ4n) is 4.15. The van der Waals surface area contributed by atoms with Gasteiger partial charge in [-0.25, -0.2) is 12.7 Å². The molecule has 0 radical (unpaired) electrons. The van der Waals surface area contributed by atoms with Gasteiger partial charge < -0.3 is 4.74 Å². The zero-order chi connectivity index (χ0) is 17.7. The number of hydrogen-bond acceptors (Lipinski definition) is 3. The second-order valence-electron chi connectivity index (χ2n) is 8.25. The number of nitrogens with zero attached hydrogens (tertiary/aromatic N) is 1. The second-order valence-corrected chi connectivity index (χ2v) is 10.2. The Hall–Kier alpha value is -1.07. The summed E-state index contributed by atoms with van der Waals surface area (Å²) in [6, 6.07) is 2.29. The van der Waals surface area contributed by atoms with Crippen molar-refractivity contribution in [3.63, 3.8) is 0 Å². The Labute approximate surface area is 146 Å². The van der Waals surface area contributed by atoms with Crippen molar-refractivity contribution in [2.45, 2.75) is 58.3 Å². The van der Waals surface area contributed by atoms with Gasteiger partial charge in [0.05, 0.1) is 12.9 Å². The number of fused-ring (bicyclic) bond motifs is 1.